The number of piperazine rings is 1. The fourth-order valence-electron chi connectivity index (χ4n) is 3.25. The van der Waals surface area contributed by atoms with Gasteiger partial charge in [-0.1, -0.05) is 48.5 Å². The summed E-state index contributed by atoms with van der Waals surface area (Å²) in [6, 6.07) is 19.6. The maximum Gasteiger partial charge on any atom is 0.240 e. The molecule has 28 heavy (non-hydrogen) atoms. The van der Waals surface area contributed by atoms with E-state index in [9.17, 15) is 9.59 Å². The summed E-state index contributed by atoms with van der Waals surface area (Å²) in [4.78, 5) is 30.7. The number of amides is 2. The molecule has 0 aliphatic carbocycles. The Morgan fingerprint density at radius 1 is 0.857 bits per heavy atom. The zero-order chi connectivity index (χ0) is 19.8. The van der Waals surface area contributed by atoms with Gasteiger partial charge < -0.3 is 10.2 Å². The van der Waals surface area contributed by atoms with Crippen molar-refractivity contribution in [3.63, 3.8) is 0 Å². The second kappa shape index (κ2) is 10.0. The fraction of sp³-hybridized carbons (Fsp3) is 0.364. The summed E-state index contributed by atoms with van der Waals surface area (Å²) in [7, 11) is 1.81. The molecular formula is C22H28N4O2. The first-order valence-electron chi connectivity index (χ1n) is 9.69. The van der Waals surface area contributed by atoms with Gasteiger partial charge in [0.05, 0.1) is 13.1 Å². The largest absolute Gasteiger partial charge is 0.351 e. The summed E-state index contributed by atoms with van der Waals surface area (Å²) >= 11 is 0. The zero-order valence-corrected chi connectivity index (χ0v) is 16.4. The quantitative estimate of drug-likeness (QED) is 0.793. The Labute approximate surface area is 166 Å². The van der Waals surface area contributed by atoms with Gasteiger partial charge in [-0.05, 0) is 17.7 Å². The molecule has 0 saturated carbocycles. The first-order chi connectivity index (χ1) is 13.6. The second-order valence-electron chi connectivity index (χ2n) is 7.10. The van der Waals surface area contributed by atoms with Crippen molar-refractivity contribution in [1.82, 2.24) is 15.1 Å². The normalized spacial score (nSPS) is 15.2. The molecule has 0 bridgehead atoms. The highest BCUT2D eigenvalue weighted by Gasteiger charge is 2.22. The van der Waals surface area contributed by atoms with Gasteiger partial charge in [-0.3, -0.25) is 19.4 Å². The number of carbonyl (C=O) groups excluding carboxylic acids is 2. The maximum atomic E-state index is 12.5. The van der Waals surface area contributed by atoms with Crippen molar-refractivity contribution >= 4 is 17.5 Å². The molecule has 3 rings (SSSR count). The lowest BCUT2D eigenvalue weighted by Gasteiger charge is -2.34. The van der Waals surface area contributed by atoms with Gasteiger partial charge in [0, 0.05) is 45.5 Å². The fourth-order valence-corrected chi connectivity index (χ4v) is 3.25. The average molecular weight is 380 g/mol. The summed E-state index contributed by atoms with van der Waals surface area (Å²) in [5.74, 6) is 0.123. The standard InChI is InChI=1S/C22H28N4O2/c1-24(20-10-6-3-7-11-20)22(28)18-26-14-12-25(13-15-26)17-21(27)23-16-19-8-4-2-5-9-19/h2-11H,12-18H2,1H3,(H,23,27). The van der Waals surface area contributed by atoms with Crippen molar-refractivity contribution < 1.29 is 9.59 Å². The summed E-state index contributed by atoms with van der Waals surface area (Å²) in [6.45, 7) is 4.53. The van der Waals surface area contributed by atoms with E-state index in [1.807, 2.05) is 67.7 Å². The van der Waals surface area contributed by atoms with Gasteiger partial charge in [-0.15, -0.1) is 0 Å². The molecule has 6 heteroatoms. The Bertz CT molecular complexity index is 759. The van der Waals surface area contributed by atoms with Crippen molar-refractivity contribution in [3.8, 4) is 0 Å². The molecule has 2 aromatic rings. The molecule has 148 valence electrons. The van der Waals surface area contributed by atoms with E-state index in [1.165, 1.54) is 0 Å². The first kappa shape index (κ1) is 20.0. The molecule has 2 amide bonds. The molecule has 2 aromatic carbocycles. The van der Waals surface area contributed by atoms with Crippen LogP contribution in [-0.2, 0) is 16.1 Å². The van der Waals surface area contributed by atoms with Crippen molar-refractivity contribution in [3.05, 3.63) is 66.2 Å². The van der Waals surface area contributed by atoms with Crippen LogP contribution in [0.5, 0.6) is 0 Å². The summed E-state index contributed by atoms with van der Waals surface area (Å²) in [5.41, 5.74) is 2.00. The number of anilines is 1. The number of nitrogens with zero attached hydrogens (tertiary/aromatic N) is 3. The van der Waals surface area contributed by atoms with E-state index >= 15 is 0 Å². The Hall–Kier alpha value is -2.70. The van der Waals surface area contributed by atoms with Crippen molar-refractivity contribution in [2.24, 2.45) is 0 Å². The van der Waals surface area contributed by atoms with Gasteiger partial charge in [-0.2, -0.15) is 0 Å². The molecule has 6 nitrogen and oxygen atoms in total. The zero-order valence-electron chi connectivity index (χ0n) is 16.4. The topological polar surface area (TPSA) is 55.9 Å². The number of likely N-dealkylation sites (N-methyl/N-ethyl adjacent to an activating group) is 1. The molecule has 0 spiro atoms. The predicted molar refractivity (Wildman–Crippen MR) is 111 cm³/mol. The molecule has 1 fully saturated rings. The smallest absolute Gasteiger partial charge is 0.240 e. The number of para-hydroxylation sites is 1. The van der Waals surface area contributed by atoms with Crippen LogP contribution < -0.4 is 10.2 Å². The number of rotatable bonds is 7. The van der Waals surface area contributed by atoms with Crippen molar-refractivity contribution in [1.29, 1.82) is 0 Å². The van der Waals surface area contributed by atoms with Crippen LogP contribution in [0.1, 0.15) is 5.56 Å². The van der Waals surface area contributed by atoms with E-state index in [2.05, 4.69) is 15.1 Å². The van der Waals surface area contributed by atoms with E-state index < -0.39 is 0 Å². The minimum Gasteiger partial charge on any atom is -0.351 e. The lowest BCUT2D eigenvalue weighted by molar-refractivity contribution is -0.124. The highest BCUT2D eigenvalue weighted by molar-refractivity contribution is 5.94. The van der Waals surface area contributed by atoms with Crippen molar-refractivity contribution in [2.75, 3.05) is 51.2 Å². The molecular weight excluding hydrogens is 352 g/mol. The number of carbonyl (C=O) groups is 2. The van der Waals surface area contributed by atoms with Crippen LogP contribution in [-0.4, -0.2) is 67.9 Å². The molecule has 1 aliphatic heterocycles. The Balaban J connectivity index is 1.37. The molecule has 1 N–H and O–H groups in total. The SMILES string of the molecule is CN(C(=O)CN1CCN(CC(=O)NCc2ccccc2)CC1)c1ccccc1. The number of benzene rings is 2. The molecule has 0 aromatic heterocycles. The van der Waals surface area contributed by atoms with Gasteiger partial charge in [0.2, 0.25) is 11.8 Å². The van der Waals surface area contributed by atoms with E-state index in [0.29, 0.717) is 19.6 Å². The van der Waals surface area contributed by atoms with E-state index in [4.69, 9.17) is 0 Å². The first-order valence-corrected chi connectivity index (χ1v) is 9.69. The minimum atomic E-state index is 0.0391. The van der Waals surface area contributed by atoms with Gasteiger partial charge in [0.15, 0.2) is 0 Å². The molecule has 0 radical (unpaired) electrons. The van der Waals surface area contributed by atoms with Crippen LogP contribution in [0, 0.1) is 0 Å². The Kier molecular flexibility index (Phi) is 7.17. The highest BCUT2D eigenvalue weighted by atomic mass is 16.2. The molecule has 1 saturated heterocycles. The molecule has 0 unspecified atom stereocenters. The van der Waals surface area contributed by atoms with Gasteiger partial charge >= 0.3 is 0 Å². The monoisotopic (exact) mass is 380 g/mol. The van der Waals surface area contributed by atoms with Gasteiger partial charge in [0.1, 0.15) is 0 Å². The maximum absolute atomic E-state index is 12.5. The molecule has 1 heterocycles. The lowest BCUT2D eigenvalue weighted by Crippen LogP contribution is -2.51. The van der Waals surface area contributed by atoms with E-state index in [-0.39, 0.29) is 11.8 Å². The molecule has 1 aliphatic rings. The Morgan fingerprint density at radius 3 is 2.00 bits per heavy atom. The average Bonchev–Trinajstić information content (AvgIpc) is 2.74. The third kappa shape index (κ3) is 5.90. The lowest BCUT2D eigenvalue weighted by atomic mass is 10.2. The van der Waals surface area contributed by atoms with Crippen LogP contribution in [0.2, 0.25) is 0 Å². The second-order valence-corrected chi connectivity index (χ2v) is 7.10. The van der Waals surface area contributed by atoms with E-state index in [0.717, 1.165) is 37.4 Å². The number of hydrogen-bond donors (Lipinski definition) is 1. The predicted octanol–water partition coefficient (Wildman–Crippen LogP) is 1.58. The van der Waals surface area contributed by atoms with E-state index in [1.54, 1.807) is 4.90 Å². The summed E-state index contributed by atoms with van der Waals surface area (Å²) in [5, 5.41) is 2.97. The summed E-state index contributed by atoms with van der Waals surface area (Å²) in [6.07, 6.45) is 0. The highest BCUT2D eigenvalue weighted by Crippen LogP contribution is 2.12. The number of hydrogen-bond acceptors (Lipinski definition) is 4. The van der Waals surface area contributed by atoms with Gasteiger partial charge in [-0.25, -0.2) is 0 Å². The van der Waals surface area contributed by atoms with Crippen LogP contribution in [0.15, 0.2) is 60.7 Å². The van der Waals surface area contributed by atoms with Gasteiger partial charge in [0.25, 0.3) is 0 Å². The van der Waals surface area contributed by atoms with Crippen LogP contribution in [0.3, 0.4) is 0 Å². The third-order valence-electron chi connectivity index (χ3n) is 5.04. The summed E-state index contributed by atoms with van der Waals surface area (Å²) < 4.78 is 0. The minimum absolute atomic E-state index is 0.0391. The Morgan fingerprint density at radius 2 is 1.39 bits per heavy atom. The van der Waals surface area contributed by atoms with Crippen molar-refractivity contribution in [2.45, 2.75) is 6.54 Å². The number of nitrogens with one attached hydrogen (secondary N) is 1. The van der Waals surface area contributed by atoms with Crippen LogP contribution in [0.4, 0.5) is 5.69 Å². The van der Waals surface area contributed by atoms with Crippen LogP contribution in [0.25, 0.3) is 0 Å². The third-order valence-corrected chi connectivity index (χ3v) is 5.04. The van der Waals surface area contributed by atoms with Crippen LogP contribution >= 0.6 is 0 Å². The molecule has 0 atom stereocenters.